The maximum Gasteiger partial charge on any atom is 0.328 e. The molecule has 5 heteroatoms. The van der Waals surface area contributed by atoms with Crippen molar-refractivity contribution in [2.75, 3.05) is 6.61 Å². The molecular formula is C11H12N2O3. The summed E-state index contributed by atoms with van der Waals surface area (Å²) in [5.74, 6) is -0.312. The third-order valence-corrected chi connectivity index (χ3v) is 2.33. The molecule has 1 saturated heterocycles. The number of aromatic nitrogens is 2. The SMILES string of the molecule is O=C(O)/C=C/c1cnc([C@H]2CCCO2)nc1. The Kier molecular flexibility index (Phi) is 3.26. The van der Waals surface area contributed by atoms with Gasteiger partial charge in [0.1, 0.15) is 6.10 Å². The van der Waals surface area contributed by atoms with E-state index in [0.29, 0.717) is 11.4 Å². The predicted octanol–water partition coefficient (Wildman–Crippen LogP) is 1.43. The smallest absolute Gasteiger partial charge is 0.328 e. The first-order valence-corrected chi connectivity index (χ1v) is 5.10. The van der Waals surface area contributed by atoms with Gasteiger partial charge in [-0.3, -0.25) is 0 Å². The lowest BCUT2D eigenvalue weighted by atomic mass is 10.2. The summed E-state index contributed by atoms with van der Waals surface area (Å²) in [6.45, 7) is 0.759. The van der Waals surface area contributed by atoms with Crippen LogP contribution in [0.25, 0.3) is 6.08 Å². The Bertz CT molecular complexity index is 394. The van der Waals surface area contributed by atoms with Crippen molar-refractivity contribution in [2.24, 2.45) is 0 Å². The number of aliphatic carboxylic acids is 1. The summed E-state index contributed by atoms with van der Waals surface area (Å²) in [4.78, 5) is 18.6. The van der Waals surface area contributed by atoms with Crippen molar-refractivity contribution in [1.82, 2.24) is 9.97 Å². The van der Waals surface area contributed by atoms with Crippen molar-refractivity contribution in [2.45, 2.75) is 18.9 Å². The van der Waals surface area contributed by atoms with Gasteiger partial charge in [-0.25, -0.2) is 14.8 Å². The minimum absolute atomic E-state index is 0.00231. The van der Waals surface area contributed by atoms with E-state index in [1.54, 1.807) is 12.4 Å². The Morgan fingerprint density at radius 2 is 2.25 bits per heavy atom. The quantitative estimate of drug-likeness (QED) is 0.780. The van der Waals surface area contributed by atoms with Crippen LogP contribution in [-0.2, 0) is 9.53 Å². The van der Waals surface area contributed by atoms with Gasteiger partial charge in [-0.05, 0) is 18.9 Å². The van der Waals surface area contributed by atoms with Crippen molar-refractivity contribution >= 4 is 12.0 Å². The van der Waals surface area contributed by atoms with Gasteiger partial charge in [0.25, 0.3) is 0 Å². The summed E-state index contributed by atoms with van der Waals surface area (Å²) in [6, 6.07) is 0. The van der Waals surface area contributed by atoms with E-state index in [9.17, 15) is 4.79 Å². The predicted molar refractivity (Wildman–Crippen MR) is 56.6 cm³/mol. The van der Waals surface area contributed by atoms with E-state index >= 15 is 0 Å². The normalized spacial score (nSPS) is 20.4. The molecule has 2 heterocycles. The maximum absolute atomic E-state index is 10.3. The van der Waals surface area contributed by atoms with Gasteiger partial charge in [-0.1, -0.05) is 0 Å². The Balaban J connectivity index is 2.06. The number of ether oxygens (including phenoxy) is 1. The molecule has 16 heavy (non-hydrogen) atoms. The fraction of sp³-hybridized carbons (Fsp3) is 0.364. The van der Waals surface area contributed by atoms with Crippen LogP contribution in [0.4, 0.5) is 0 Å². The van der Waals surface area contributed by atoms with Gasteiger partial charge in [0.15, 0.2) is 5.82 Å². The number of rotatable bonds is 3. The second-order valence-corrected chi connectivity index (χ2v) is 3.55. The Labute approximate surface area is 92.8 Å². The second kappa shape index (κ2) is 4.85. The van der Waals surface area contributed by atoms with Crippen molar-refractivity contribution in [1.29, 1.82) is 0 Å². The highest BCUT2D eigenvalue weighted by Gasteiger charge is 2.19. The standard InChI is InChI=1S/C11H12N2O3/c14-10(15)4-3-8-6-12-11(13-7-8)9-2-1-5-16-9/h3-4,6-7,9H,1-2,5H2,(H,14,15)/b4-3+/t9-/m1/s1. The molecule has 0 spiro atoms. The van der Waals surface area contributed by atoms with Gasteiger partial charge in [-0.2, -0.15) is 0 Å². The minimum atomic E-state index is -0.983. The topological polar surface area (TPSA) is 72.3 Å². The summed E-state index contributed by atoms with van der Waals surface area (Å²) >= 11 is 0. The molecule has 0 saturated carbocycles. The van der Waals surface area contributed by atoms with Crippen LogP contribution in [0.2, 0.25) is 0 Å². The highest BCUT2D eigenvalue weighted by molar-refractivity contribution is 5.85. The lowest BCUT2D eigenvalue weighted by Gasteiger charge is -2.06. The Hall–Kier alpha value is -1.75. The zero-order valence-corrected chi connectivity index (χ0v) is 8.67. The van der Waals surface area contributed by atoms with Crippen LogP contribution < -0.4 is 0 Å². The van der Waals surface area contributed by atoms with Crippen LogP contribution in [0, 0.1) is 0 Å². The second-order valence-electron chi connectivity index (χ2n) is 3.55. The minimum Gasteiger partial charge on any atom is -0.478 e. The lowest BCUT2D eigenvalue weighted by molar-refractivity contribution is -0.131. The molecule has 1 fully saturated rings. The average Bonchev–Trinajstić information content (AvgIpc) is 2.80. The molecule has 0 radical (unpaired) electrons. The van der Waals surface area contributed by atoms with E-state index in [1.807, 2.05) is 0 Å². The zero-order valence-electron chi connectivity index (χ0n) is 8.67. The number of hydrogen-bond donors (Lipinski definition) is 1. The third kappa shape index (κ3) is 2.64. The number of hydrogen-bond acceptors (Lipinski definition) is 4. The van der Waals surface area contributed by atoms with Crippen molar-refractivity contribution < 1.29 is 14.6 Å². The Morgan fingerprint density at radius 1 is 1.50 bits per heavy atom. The number of carboxylic acid groups (broad SMARTS) is 1. The van der Waals surface area contributed by atoms with E-state index in [2.05, 4.69) is 9.97 Å². The van der Waals surface area contributed by atoms with Gasteiger partial charge < -0.3 is 9.84 Å². The molecule has 0 amide bonds. The molecule has 0 bridgehead atoms. The van der Waals surface area contributed by atoms with Crippen LogP contribution >= 0.6 is 0 Å². The van der Waals surface area contributed by atoms with E-state index in [-0.39, 0.29) is 6.10 Å². The molecule has 1 atom stereocenters. The summed E-state index contributed by atoms with van der Waals surface area (Å²) in [5, 5.41) is 8.45. The van der Waals surface area contributed by atoms with Gasteiger partial charge >= 0.3 is 5.97 Å². The van der Waals surface area contributed by atoms with Crippen LogP contribution in [0.3, 0.4) is 0 Å². The van der Waals surface area contributed by atoms with Gasteiger partial charge in [0.2, 0.25) is 0 Å². The zero-order chi connectivity index (χ0) is 11.4. The number of carboxylic acids is 1. The first-order valence-electron chi connectivity index (χ1n) is 5.10. The fourth-order valence-electron chi connectivity index (χ4n) is 1.55. The summed E-state index contributed by atoms with van der Waals surface area (Å²) < 4.78 is 5.44. The summed E-state index contributed by atoms with van der Waals surface area (Å²) in [7, 11) is 0. The molecule has 5 nitrogen and oxygen atoms in total. The van der Waals surface area contributed by atoms with Crippen LogP contribution in [0.15, 0.2) is 18.5 Å². The molecule has 1 aliphatic rings. The van der Waals surface area contributed by atoms with Gasteiger partial charge in [0.05, 0.1) is 0 Å². The van der Waals surface area contributed by atoms with E-state index in [0.717, 1.165) is 25.5 Å². The highest BCUT2D eigenvalue weighted by Crippen LogP contribution is 2.25. The molecule has 2 rings (SSSR count). The largest absolute Gasteiger partial charge is 0.478 e. The highest BCUT2D eigenvalue weighted by atomic mass is 16.5. The molecule has 0 aromatic carbocycles. The summed E-state index contributed by atoms with van der Waals surface area (Å²) in [5.41, 5.74) is 0.671. The third-order valence-electron chi connectivity index (χ3n) is 2.33. The number of nitrogens with zero attached hydrogens (tertiary/aromatic N) is 2. The van der Waals surface area contributed by atoms with Gasteiger partial charge in [-0.15, -0.1) is 0 Å². The first-order chi connectivity index (χ1) is 7.75. The molecule has 1 aliphatic heterocycles. The number of carbonyl (C=O) groups is 1. The van der Waals surface area contributed by atoms with Crippen molar-refractivity contribution in [3.63, 3.8) is 0 Å². The van der Waals surface area contributed by atoms with Crippen molar-refractivity contribution in [3.8, 4) is 0 Å². The monoisotopic (exact) mass is 220 g/mol. The van der Waals surface area contributed by atoms with Crippen LogP contribution in [0.5, 0.6) is 0 Å². The van der Waals surface area contributed by atoms with E-state index in [1.165, 1.54) is 6.08 Å². The molecule has 0 unspecified atom stereocenters. The molecule has 1 aromatic rings. The molecular weight excluding hydrogens is 208 g/mol. The molecule has 84 valence electrons. The van der Waals surface area contributed by atoms with Crippen LogP contribution in [0.1, 0.15) is 30.3 Å². The van der Waals surface area contributed by atoms with Gasteiger partial charge in [0, 0.05) is 30.6 Å². The molecule has 0 aliphatic carbocycles. The molecule has 1 N–H and O–H groups in total. The average molecular weight is 220 g/mol. The molecule has 1 aromatic heterocycles. The first kappa shape index (κ1) is 10.8. The van der Waals surface area contributed by atoms with E-state index in [4.69, 9.17) is 9.84 Å². The lowest BCUT2D eigenvalue weighted by Crippen LogP contribution is -2.02. The van der Waals surface area contributed by atoms with Crippen LogP contribution in [-0.4, -0.2) is 27.7 Å². The van der Waals surface area contributed by atoms with Crippen molar-refractivity contribution in [3.05, 3.63) is 29.9 Å². The summed E-state index contributed by atoms with van der Waals surface area (Å²) in [6.07, 6.45) is 7.70. The fourth-order valence-corrected chi connectivity index (χ4v) is 1.55. The maximum atomic E-state index is 10.3. The van der Waals surface area contributed by atoms with E-state index < -0.39 is 5.97 Å². The Morgan fingerprint density at radius 3 is 2.81 bits per heavy atom.